The largest absolute Gasteiger partial charge is 0.304 e. The standard InChI is InChI=1S/C19H14ClF3N6O/c1-10-5-15(16(22)23)29-18(25-10)13(7-24-29)19(30)26-17-14(20)9-28(27-17)8-11-3-2-4-12(21)6-11/h2-7,9,16H,8H2,1H3,(H,26,27,30). The van der Waals surface area contributed by atoms with Crippen molar-refractivity contribution in [1.29, 1.82) is 0 Å². The zero-order valence-electron chi connectivity index (χ0n) is 15.5. The third-order valence-corrected chi connectivity index (χ3v) is 4.55. The molecule has 1 amide bonds. The Bertz CT molecular complexity index is 1250. The van der Waals surface area contributed by atoms with Gasteiger partial charge >= 0.3 is 0 Å². The number of aryl methyl sites for hydroxylation is 1. The Labute approximate surface area is 173 Å². The first-order valence-corrected chi connectivity index (χ1v) is 9.12. The summed E-state index contributed by atoms with van der Waals surface area (Å²) in [5.74, 6) is -0.960. The van der Waals surface area contributed by atoms with Gasteiger partial charge in [-0.05, 0) is 30.7 Å². The van der Waals surface area contributed by atoms with E-state index in [1.54, 1.807) is 19.1 Å². The van der Waals surface area contributed by atoms with Crippen molar-refractivity contribution in [2.75, 3.05) is 5.32 Å². The van der Waals surface area contributed by atoms with Crippen molar-refractivity contribution in [2.45, 2.75) is 19.9 Å². The van der Waals surface area contributed by atoms with E-state index >= 15 is 0 Å². The molecule has 11 heteroatoms. The Kier molecular flexibility index (Phi) is 5.17. The number of hydrogen-bond donors (Lipinski definition) is 1. The third kappa shape index (κ3) is 3.86. The van der Waals surface area contributed by atoms with Crippen LogP contribution in [0.15, 0.2) is 42.7 Å². The van der Waals surface area contributed by atoms with Gasteiger partial charge in [0.25, 0.3) is 12.3 Å². The number of hydrogen-bond acceptors (Lipinski definition) is 4. The van der Waals surface area contributed by atoms with Crippen LogP contribution in [0.25, 0.3) is 5.65 Å². The van der Waals surface area contributed by atoms with Crippen molar-refractivity contribution in [3.05, 3.63) is 76.1 Å². The van der Waals surface area contributed by atoms with Gasteiger partial charge in [0.1, 0.15) is 22.1 Å². The van der Waals surface area contributed by atoms with Crippen LogP contribution in [-0.4, -0.2) is 30.3 Å². The lowest BCUT2D eigenvalue weighted by molar-refractivity contribution is 0.102. The molecule has 0 saturated heterocycles. The summed E-state index contributed by atoms with van der Waals surface area (Å²) in [7, 11) is 0. The summed E-state index contributed by atoms with van der Waals surface area (Å²) in [6, 6.07) is 7.20. The average Bonchev–Trinajstić information content (AvgIpc) is 3.24. The zero-order valence-corrected chi connectivity index (χ0v) is 16.2. The van der Waals surface area contributed by atoms with E-state index in [0.717, 1.165) is 10.7 Å². The summed E-state index contributed by atoms with van der Waals surface area (Å²) in [6.45, 7) is 1.79. The summed E-state index contributed by atoms with van der Waals surface area (Å²) in [6.07, 6.45) is -0.145. The molecular formula is C19H14ClF3N6O. The van der Waals surface area contributed by atoms with Crippen molar-refractivity contribution < 1.29 is 18.0 Å². The molecule has 0 unspecified atom stereocenters. The maximum Gasteiger partial charge on any atom is 0.280 e. The van der Waals surface area contributed by atoms with Crippen LogP contribution in [0.3, 0.4) is 0 Å². The number of nitrogens with one attached hydrogen (secondary N) is 1. The molecule has 0 atom stereocenters. The van der Waals surface area contributed by atoms with E-state index in [0.29, 0.717) is 11.3 Å². The van der Waals surface area contributed by atoms with Gasteiger partial charge in [-0.25, -0.2) is 22.7 Å². The minimum absolute atomic E-state index is 0.00174. The van der Waals surface area contributed by atoms with Crippen LogP contribution in [0.4, 0.5) is 19.0 Å². The van der Waals surface area contributed by atoms with E-state index in [4.69, 9.17) is 11.6 Å². The molecule has 1 aromatic carbocycles. The van der Waals surface area contributed by atoms with Gasteiger partial charge in [-0.2, -0.15) is 10.2 Å². The van der Waals surface area contributed by atoms with E-state index < -0.39 is 12.3 Å². The van der Waals surface area contributed by atoms with E-state index in [1.807, 2.05) is 0 Å². The van der Waals surface area contributed by atoms with E-state index in [2.05, 4.69) is 20.5 Å². The molecule has 4 rings (SSSR count). The predicted octanol–water partition coefficient (Wildman–Crippen LogP) is 4.26. The topological polar surface area (TPSA) is 77.1 Å². The Hall–Kier alpha value is -3.40. The van der Waals surface area contributed by atoms with Crippen molar-refractivity contribution >= 4 is 29.0 Å². The lowest BCUT2D eigenvalue weighted by Gasteiger charge is -2.06. The zero-order chi connectivity index (χ0) is 21.4. The number of halogens is 4. The lowest BCUT2D eigenvalue weighted by Crippen LogP contribution is -2.14. The number of carbonyl (C=O) groups is 1. The van der Waals surface area contributed by atoms with Crippen LogP contribution in [0.2, 0.25) is 5.02 Å². The summed E-state index contributed by atoms with van der Waals surface area (Å²) < 4.78 is 42.2. The van der Waals surface area contributed by atoms with Crippen molar-refractivity contribution in [3.8, 4) is 0 Å². The molecule has 3 aromatic heterocycles. The predicted molar refractivity (Wildman–Crippen MR) is 103 cm³/mol. The second-order valence-corrected chi connectivity index (χ2v) is 6.93. The first-order valence-electron chi connectivity index (χ1n) is 8.74. The number of benzene rings is 1. The van der Waals surface area contributed by atoms with Gasteiger partial charge in [-0.15, -0.1) is 0 Å². The van der Waals surface area contributed by atoms with Crippen molar-refractivity contribution in [2.24, 2.45) is 0 Å². The van der Waals surface area contributed by atoms with E-state index in [-0.39, 0.29) is 40.1 Å². The highest BCUT2D eigenvalue weighted by atomic mass is 35.5. The van der Waals surface area contributed by atoms with Gasteiger partial charge < -0.3 is 5.32 Å². The molecule has 0 fully saturated rings. The van der Waals surface area contributed by atoms with Gasteiger partial charge in [-0.1, -0.05) is 23.7 Å². The van der Waals surface area contributed by atoms with Gasteiger partial charge in [0.15, 0.2) is 11.5 Å². The number of rotatable bonds is 5. The second-order valence-electron chi connectivity index (χ2n) is 6.52. The molecule has 0 aliphatic carbocycles. The summed E-state index contributed by atoms with van der Waals surface area (Å²) in [4.78, 5) is 16.8. The maximum atomic E-state index is 13.3. The number of nitrogens with zero attached hydrogens (tertiary/aromatic N) is 5. The summed E-state index contributed by atoms with van der Waals surface area (Å²) >= 11 is 6.15. The second kappa shape index (κ2) is 7.79. The highest BCUT2D eigenvalue weighted by Gasteiger charge is 2.21. The molecule has 0 bridgehead atoms. The van der Waals surface area contributed by atoms with Crippen molar-refractivity contribution in [1.82, 2.24) is 24.4 Å². The number of anilines is 1. The van der Waals surface area contributed by atoms with Crippen molar-refractivity contribution in [3.63, 3.8) is 0 Å². The number of carbonyl (C=O) groups excluding carboxylic acids is 1. The van der Waals surface area contributed by atoms with Gasteiger partial charge in [0.05, 0.1) is 12.7 Å². The molecule has 1 N–H and O–H groups in total. The fourth-order valence-corrected chi connectivity index (χ4v) is 3.19. The van der Waals surface area contributed by atoms with Crippen LogP contribution in [-0.2, 0) is 6.54 Å². The lowest BCUT2D eigenvalue weighted by atomic mass is 10.2. The number of fused-ring (bicyclic) bond motifs is 1. The van der Waals surface area contributed by atoms with Crippen LogP contribution in [0.1, 0.15) is 33.7 Å². The van der Waals surface area contributed by atoms with Crippen LogP contribution in [0.5, 0.6) is 0 Å². The molecule has 3 heterocycles. The SMILES string of the molecule is Cc1cc(C(F)F)n2ncc(C(=O)Nc3nn(Cc4cccc(F)c4)cc3Cl)c2n1. The Morgan fingerprint density at radius 3 is 2.83 bits per heavy atom. The minimum Gasteiger partial charge on any atom is -0.304 e. The normalized spacial score (nSPS) is 11.4. The molecule has 0 aliphatic heterocycles. The van der Waals surface area contributed by atoms with E-state index in [1.165, 1.54) is 29.1 Å². The first kappa shape index (κ1) is 19.9. The van der Waals surface area contributed by atoms with Gasteiger partial charge in [-0.3, -0.25) is 9.48 Å². The van der Waals surface area contributed by atoms with Gasteiger partial charge in [0.2, 0.25) is 0 Å². The fraction of sp³-hybridized carbons (Fsp3) is 0.158. The van der Waals surface area contributed by atoms with Crippen LogP contribution < -0.4 is 5.32 Å². The monoisotopic (exact) mass is 434 g/mol. The highest BCUT2D eigenvalue weighted by molar-refractivity contribution is 6.33. The molecular weight excluding hydrogens is 421 g/mol. The highest BCUT2D eigenvalue weighted by Crippen LogP contribution is 2.24. The minimum atomic E-state index is -2.78. The number of alkyl halides is 2. The number of aromatic nitrogens is 5. The molecule has 7 nitrogen and oxygen atoms in total. The summed E-state index contributed by atoms with van der Waals surface area (Å²) in [5.41, 5.74) is 0.613. The molecule has 0 spiro atoms. The quantitative estimate of drug-likeness (QED) is 0.509. The van der Waals surface area contributed by atoms with Gasteiger partial charge in [0, 0.05) is 11.9 Å². The number of amides is 1. The fourth-order valence-electron chi connectivity index (χ4n) is 2.99. The molecule has 0 saturated carbocycles. The Morgan fingerprint density at radius 2 is 2.10 bits per heavy atom. The smallest absolute Gasteiger partial charge is 0.280 e. The maximum absolute atomic E-state index is 13.3. The molecule has 0 radical (unpaired) electrons. The van der Waals surface area contributed by atoms with E-state index in [9.17, 15) is 18.0 Å². The molecule has 154 valence electrons. The Morgan fingerprint density at radius 1 is 1.30 bits per heavy atom. The average molecular weight is 435 g/mol. The van der Waals surface area contributed by atoms with Crippen LogP contribution >= 0.6 is 11.6 Å². The Balaban J connectivity index is 1.60. The molecule has 4 aromatic rings. The molecule has 0 aliphatic rings. The van der Waals surface area contributed by atoms with Crippen LogP contribution in [0, 0.1) is 12.7 Å². The first-order chi connectivity index (χ1) is 14.3. The summed E-state index contributed by atoms with van der Waals surface area (Å²) in [5, 5.41) is 10.7. The molecule has 30 heavy (non-hydrogen) atoms. The third-order valence-electron chi connectivity index (χ3n) is 4.28.